The zero-order valence-electron chi connectivity index (χ0n) is 9.91. The van der Waals surface area contributed by atoms with Crippen LogP contribution in [0.4, 0.5) is 0 Å². The second kappa shape index (κ2) is 4.52. The van der Waals surface area contributed by atoms with E-state index in [1.807, 2.05) is 4.72 Å². The fourth-order valence-electron chi connectivity index (χ4n) is 1.52. The highest BCUT2D eigenvalue weighted by Gasteiger charge is 2.17. The maximum Gasteiger partial charge on any atom is 0.419 e. The van der Waals surface area contributed by atoms with E-state index in [0.717, 1.165) is 0 Å². The standard InChI is InChI=1S/C10H11N3O5S/c1-13-7-4-6(2-3-8(7)18-10(13)15)19(16,17)12-5-9(11)14/h2-4,12H,5H2,1H3,(H2,11,14). The second-order valence-corrected chi connectivity index (χ2v) is 5.61. The van der Waals surface area contributed by atoms with Crippen LogP contribution >= 0.6 is 0 Å². The van der Waals surface area contributed by atoms with Crippen LogP contribution in [0.25, 0.3) is 11.1 Å². The van der Waals surface area contributed by atoms with Gasteiger partial charge in [0.15, 0.2) is 5.58 Å². The summed E-state index contributed by atoms with van der Waals surface area (Å²) in [4.78, 5) is 21.8. The van der Waals surface area contributed by atoms with Gasteiger partial charge in [0.1, 0.15) is 0 Å². The molecule has 19 heavy (non-hydrogen) atoms. The van der Waals surface area contributed by atoms with Gasteiger partial charge in [-0.1, -0.05) is 0 Å². The molecule has 0 spiro atoms. The Bertz CT molecular complexity index is 802. The van der Waals surface area contributed by atoms with Crippen molar-refractivity contribution < 1.29 is 17.6 Å². The van der Waals surface area contributed by atoms with Crippen LogP contribution in [-0.2, 0) is 21.9 Å². The van der Waals surface area contributed by atoms with Crippen molar-refractivity contribution >= 4 is 27.0 Å². The fourth-order valence-corrected chi connectivity index (χ4v) is 2.54. The van der Waals surface area contributed by atoms with Gasteiger partial charge >= 0.3 is 5.76 Å². The summed E-state index contributed by atoms with van der Waals surface area (Å²) >= 11 is 0. The molecule has 0 radical (unpaired) electrons. The van der Waals surface area contributed by atoms with E-state index in [0.29, 0.717) is 5.52 Å². The van der Waals surface area contributed by atoms with Gasteiger partial charge in [-0.2, -0.15) is 0 Å². The minimum atomic E-state index is -3.86. The number of oxazole rings is 1. The Morgan fingerprint density at radius 3 is 2.79 bits per heavy atom. The van der Waals surface area contributed by atoms with Crippen LogP contribution in [0.1, 0.15) is 0 Å². The van der Waals surface area contributed by atoms with Gasteiger partial charge in [-0.3, -0.25) is 9.36 Å². The number of hydrogen-bond acceptors (Lipinski definition) is 5. The number of rotatable bonds is 4. The second-order valence-electron chi connectivity index (χ2n) is 3.85. The maximum absolute atomic E-state index is 11.9. The monoisotopic (exact) mass is 285 g/mol. The lowest BCUT2D eigenvalue weighted by Crippen LogP contribution is -2.33. The molecule has 9 heteroatoms. The van der Waals surface area contributed by atoms with E-state index in [2.05, 4.69) is 0 Å². The molecule has 0 bridgehead atoms. The van der Waals surface area contributed by atoms with Crippen molar-refractivity contribution in [3.05, 3.63) is 28.7 Å². The molecule has 0 unspecified atom stereocenters. The Morgan fingerprint density at radius 2 is 2.16 bits per heavy atom. The first-order valence-electron chi connectivity index (χ1n) is 5.19. The highest BCUT2D eigenvalue weighted by Crippen LogP contribution is 2.17. The SMILES string of the molecule is Cn1c(=O)oc2ccc(S(=O)(=O)NCC(N)=O)cc21. The number of aromatic nitrogens is 1. The third-order valence-electron chi connectivity index (χ3n) is 2.51. The zero-order chi connectivity index (χ0) is 14.2. The molecule has 0 atom stereocenters. The van der Waals surface area contributed by atoms with Gasteiger partial charge in [0.25, 0.3) is 0 Å². The molecule has 1 aromatic heterocycles. The number of nitrogens with two attached hydrogens (primary N) is 1. The number of carbonyl (C=O) groups is 1. The Morgan fingerprint density at radius 1 is 1.47 bits per heavy atom. The molecular formula is C10H11N3O5S. The summed E-state index contributed by atoms with van der Waals surface area (Å²) < 4.78 is 31.8. The van der Waals surface area contributed by atoms with Crippen LogP contribution in [0.15, 0.2) is 32.3 Å². The van der Waals surface area contributed by atoms with Crippen LogP contribution in [-0.4, -0.2) is 25.4 Å². The van der Waals surface area contributed by atoms with E-state index < -0.39 is 28.2 Å². The molecule has 2 aromatic rings. The Labute approximate surface area is 107 Å². The first-order chi connectivity index (χ1) is 8.81. The number of benzene rings is 1. The van der Waals surface area contributed by atoms with Crippen molar-refractivity contribution in [1.29, 1.82) is 0 Å². The van der Waals surface area contributed by atoms with E-state index in [4.69, 9.17) is 10.2 Å². The molecule has 1 amide bonds. The molecule has 8 nitrogen and oxygen atoms in total. The molecule has 3 N–H and O–H groups in total. The van der Waals surface area contributed by atoms with E-state index in [1.54, 1.807) is 0 Å². The number of fused-ring (bicyclic) bond motifs is 1. The third-order valence-corrected chi connectivity index (χ3v) is 3.91. The van der Waals surface area contributed by atoms with Crippen molar-refractivity contribution in [3.8, 4) is 0 Å². The summed E-state index contributed by atoms with van der Waals surface area (Å²) in [7, 11) is -2.40. The van der Waals surface area contributed by atoms with Crippen LogP contribution in [0.2, 0.25) is 0 Å². The number of nitrogens with one attached hydrogen (secondary N) is 1. The van der Waals surface area contributed by atoms with Gasteiger partial charge in [0, 0.05) is 7.05 Å². The van der Waals surface area contributed by atoms with E-state index in [1.165, 1.54) is 29.8 Å². The summed E-state index contributed by atoms with van der Waals surface area (Å²) in [5.74, 6) is -1.38. The number of carbonyl (C=O) groups excluding carboxylic acids is 1. The number of amides is 1. The van der Waals surface area contributed by atoms with E-state index in [-0.39, 0.29) is 10.5 Å². The lowest BCUT2D eigenvalue weighted by molar-refractivity contribution is -0.116. The summed E-state index contributed by atoms with van der Waals surface area (Å²) in [6.45, 7) is -0.495. The number of nitrogens with zero attached hydrogens (tertiary/aromatic N) is 1. The molecule has 0 aliphatic rings. The van der Waals surface area contributed by atoms with Crippen LogP contribution in [0, 0.1) is 0 Å². The highest BCUT2D eigenvalue weighted by molar-refractivity contribution is 7.89. The van der Waals surface area contributed by atoms with Gasteiger partial charge in [-0.05, 0) is 18.2 Å². The first kappa shape index (κ1) is 13.3. The minimum absolute atomic E-state index is 0.0855. The van der Waals surface area contributed by atoms with Gasteiger partial charge in [-0.15, -0.1) is 0 Å². The molecule has 2 rings (SSSR count). The molecule has 0 fully saturated rings. The predicted octanol–water partition coefficient (Wildman–Crippen LogP) is -1.10. The third kappa shape index (κ3) is 2.51. The van der Waals surface area contributed by atoms with Crippen LogP contribution in [0.3, 0.4) is 0 Å². The Balaban J connectivity index is 2.48. The number of primary amides is 1. The predicted molar refractivity (Wildman–Crippen MR) is 65.8 cm³/mol. The summed E-state index contributed by atoms with van der Waals surface area (Å²) in [5, 5.41) is 0. The fraction of sp³-hybridized carbons (Fsp3) is 0.200. The molecule has 102 valence electrons. The van der Waals surface area contributed by atoms with Crippen molar-refractivity contribution in [1.82, 2.24) is 9.29 Å². The van der Waals surface area contributed by atoms with Gasteiger partial charge < -0.3 is 10.2 Å². The minimum Gasteiger partial charge on any atom is -0.408 e. The molecule has 0 aliphatic heterocycles. The van der Waals surface area contributed by atoms with Crippen molar-refractivity contribution in [3.63, 3.8) is 0 Å². The normalized spacial score (nSPS) is 11.8. The van der Waals surface area contributed by atoms with Crippen molar-refractivity contribution in [2.75, 3.05) is 6.54 Å². The highest BCUT2D eigenvalue weighted by atomic mass is 32.2. The Hall–Kier alpha value is -2.13. The molecule has 0 saturated heterocycles. The number of sulfonamides is 1. The lowest BCUT2D eigenvalue weighted by atomic mass is 10.3. The molecule has 1 heterocycles. The maximum atomic E-state index is 11.9. The summed E-state index contributed by atoms with van der Waals surface area (Å²) in [6, 6.07) is 3.92. The summed E-state index contributed by atoms with van der Waals surface area (Å²) in [6.07, 6.45) is 0. The van der Waals surface area contributed by atoms with Crippen LogP contribution < -0.4 is 16.2 Å². The first-order valence-corrected chi connectivity index (χ1v) is 6.67. The lowest BCUT2D eigenvalue weighted by Gasteiger charge is -2.04. The van der Waals surface area contributed by atoms with Crippen molar-refractivity contribution in [2.45, 2.75) is 4.90 Å². The summed E-state index contributed by atoms with van der Waals surface area (Å²) in [5.41, 5.74) is 5.49. The number of hydrogen-bond donors (Lipinski definition) is 2. The van der Waals surface area contributed by atoms with E-state index in [9.17, 15) is 18.0 Å². The Kier molecular flexibility index (Phi) is 3.16. The van der Waals surface area contributed by atoms with Gasteiger partial charge in [0.05, 0.1) is 17.0 Å². The zero-order valence-corrected chi connectivity index (χ0v) is 10.7. The van der Waals surface area contributed by atoms with Gasteiger partial charge in [-0.25, -0.2) is 17.9 Å². The molecule has 1 aromatic carbocycles. The molecule has 0 aliphatic carbocycles. The molecular weight excluding hydrogens is 274 g/mol. The van der Waals surface area contributed by atoms with Crippen LogP contribution in [0.5, 0.6) is 0 Å². The van der Waals surface area contributed by atoms with Crippen molar-refractivity contribution in [2.24, 2.45) is 12.8 Å². The average molecular weight is 285 g/mol. The van der Waals surface area contributed by atoms with E-state index >= 15 is 0 Å². The largest absolute Gasteiger partial charge is 0.419 e. The smallest absolute Gasteiger partial charge is 0.408 e. The van der Waals surface area contributed by atoms with Gasteiger partial charge in [0.2, 0.25) is 15.9 Å². The average Bonchev–Trinajstić information content (AvgIpc) is 2.63. The topological polar surface area (TPSA) is 124 Å². The molecule has 0 saturated carbocycles. The number of aryl methyl sites for hydroxylation is 1. The quantitative estimate of drug-likeness (QED) is 0.737.